The molecule has 26 heavy (non-hydrogen) atoms. The Labute approximate surface area is 158 Å². The highest BCUT2D eigenvalue weighted by atomic mass is 35.5. The highest BCUT2D eigenvalue weighted by Gasteiger charge is 2.26. The molecule has 3 rings (SSSR count). The van der Waals surface area contributed by atoms with E-state index < -0.39 is 16.0 Å². The largest absolute Gasteiger partial charge is 0.465 e. The first kappa shape index (κ1) is 20.4. The Morgan fingerprint density at radius 3 is 2.85 bits per heavy atom. The molecule has 1 unspecified atom stereocenters. The highest BCUT2D eigenvalue weighted by molar-refractivity contribution is 7.89. The van der Waals surface area contributed by atoms with Gasteiger partial charge >= 0.3 is 5.97 Å². The lowest BCUT2D eigenvalue weighted by molar-refractivity contribution is 0.0598. The SMILES string of the molecule is COC(=O)c1cc(S(=O)(=O)NCC2NCCc3ccccc32)oc1C.Cl. The van der Waals surface area contributed by atoms with E-state index in [2.05, 4.69) is 20.8 Å². The smallest absolute Gasteiger partial charge is 0.341 e. The van der Waals surface area contributed by atoms with Gasteiger partial charge in [0.2, 0.25) is 5.09 Å². The summed E-state index contributed by atoms with van der Waals surface area (Å²) < 4.78 is 37.4. The summed E-state index contributed by atoms with van der Waals surface area (Å²) in [6, 6.07) is 9.03. The van der Waals surface area contributed by atoms with Crippen LogP contribution in [-0.2, 0) is 21.2 Å². The van der Waals surface area contributed by atoms with Crippen LogP contribution in [0.5, 0.6) is 0 Å². The molecule has 7 nitrogen and oxygen atoms in total. The van der Waals surface area contributed by atoms with Gasteiger partial charge in [-0.1, -0.05) is 24.3 Å². The molecule has 0 amide bonds. The van der Waals surface area contributed by atoms with Gasteiger partial charge in [-0.25, -0.2) is 17.9 Å². The van der Waals surface area contributed by atoms with Crippen LogP contribution in [0.2, 0.25) is 0 Å². The number of benzene rings is 1. The van der Waals surface area contributed by atoms with Crippen molar-refractivity contribution in [2.45, 2.75) is 24.5 Å². The van der Waals surface area contributed by atoms with E-state index in [0.29, 0.717) is 0 Å². The van der Waals surface area contributed by atoms with Crippen molar-refractivity contribution in [3.63, 3.8) is 0 Å². The number of ether oxygens (including phenoxy) is 1. The number of esters is 1. The van der Waals surface area contributed by atoms with Crippen LogP contribution in [0.1, 0.15) is 33.3 Å². The van der Waals surface area contributed by atoms with E-state index >= 15 is 0 Å². The lowest BCUT2D eigenvalue weighted by Gasteiger charge is -2.26. The molecule has 0 spiro atoms. The van der Waals surface area contributed by atoms with Gasteiger partial charge in [0.15, 0.2) is 0 Å². The predicted molar refractivity (Wildman–Crippen MR) is 98.1 cm³/mol. The number of methoxy groups -OCH3 is 1. The summed E-state index contributed by atoms with van der Waals surface area (Å²) in [7, 11) is -2.64. The number of nitrogens with one attached hydrogen (secondary N) is 2. The van der Waals surface area contributed by atoms with Gasteiger partial charge in [-0.2, -0.15) is 0 Å². The number of fused-ring (bicyclic) bond motifs is 1. The lowest BCUT2D eigenvalue weighted by atomic mass is 9.95. The average Bonchev–Trinajstić information content (AvgIpc) is 3.02. The molecule has 2 aromatic rings. The Hall–Kier alpha value is -1.87. The van der Waals surface area contributed by atoms with Gasteiger partial charge in [-0.3, -0.25) is 0 Å². The van der Waals surface area contributed by atoms with E-state index in [1.54, 1.807) is 0 Å². The van der Waals surface area contributed by atoms with E-state index in [1.165, 1.54) is 25.7 Å². The molecule has 0 bridgehead atoms. The summed E-state index contributed by atoms with van der Waals surface area (Å²) in [5.41, 5.74) is 2.40. The second kappa shape index (κ2) is 8.22. The van der Waals surface area contributed by atoms with E-state index in [4.69, 9.17) is 4.42 Å². The van der Waals surface area contributed by atoms with Crippen molar-refractivity contribution in [2.75, 3.05) is 20.2 Å². The Morgan fingerprint density at radius 2 is 2.12 bits per heavy atom. The molecule has 0 radical (unpaired) electrons. The van der Waals surface area contributed by atoms with Crippen LogP contribution in [0.3, 0.4) is 0 Å². The third kappa shape index (κ3) is 4.09. The molecule has 1 atom stereocenters. The zero-order chi connectivity index (χ0) is 18.0. The van der Waals surface area contributed by atoms with Crippen molar-refractivity contribution in [1.82, 2.24) is 10.0 Å². The third-order valence-corrected chi connectivity index (χ3v) is 5.54. The monoisotopic (exact) mass is 400 g/mol. The number of hydrogen-bond acceptors (Lipinski definition) is 6. The summed E-state index contributed by atoms with van der Waals surface area (Å²) in [6.07, 6.45) is 0.916. The molecular weight excluding hydrogens is 380 g/mol. The molecule has 2 N–H and O–H groups in total. The van der Waals surface area contributed by atoms with Crippen LogP contribution < -0.4 is 10.0 Å². The fourth-order valence-corrected chi connectivity index (χ4v) is 3.98. The first-order chi connectivity index (χ1) is 11.9. The summed E-state index contributed by atoms with van der Waals surface area (Å²) >= 11 is 0. The Balaban J connectivity index is 0.00000243. The number of halogens is 1. The Kier molecular flexibility index (Phi) is 6.46. The van der Waals surface area contributed by atoms with Crippen molar-refractivity contribution < 1.29 is 22.4 Å². The fraction of sp³-hybridized carbons (Fsp3) is 0.353. The van der Waals surface area contributed by atoms with Crippen LogP contribution in [0.15, 0.2) is 39.8 Å². The van der Waals surface area contributed by atoms with Gasteiger partial charge in [0.1, 0.15) is 11.3 Å². The van der Waals surface area contributed by atoms with Crippen LogP contribution in [0.25, 0.3) is 0 Å². The standard InChI is InChI=1S/C17H20N2O5S.ClH/c1-11-14(17(20)23-2)9-16(24-11)25(21,22)19-10-15-13-6-4-3-5-12(13)7-8-18-15;/h3-6,9,15,18-19H,7-8,10H2,1-2H3;1H. The summed E-state index contributed by atoms with van der Waals surface area (Å²) in [6.45, 7) is 2.49. The van der Waals surface area contributed by atoms with Gasteiger partial charge in [0.25, 0.3) is 10.0 Å². The molecule has 0 aliphatic carbocycles. The minimum atomic E-state index is -3.87. The van der Waals surface area contributed by atoms with Gasteiger partial charge < -0.3 is 14.5 Å². The van der Waals surface area contributed by atoms with Gasteiger partial charge in [0, 0.05) is 18.7 Å². The molecule has 142 valence electrons. The zero-order valence-corrected chi connectivity index (χ0v) is 16.1. The number of aryl methyl sites for hydroxylation is 1. The van der Waals surface area contributed by atoms with Crippen molar-refractivity contribution >= 4 is 28.4 Å². The maximum Gasteiger partial charge on any atom is 0.341 e. The van der Waals surface area contributed by atoms with Gasteiger partial charge in [-0.05, 0) is 31.0 Å². The maximum atomic E-state index is 12.5. The zero-order valence-electron chi connectivity index (χ0n) is 14.4. The van der Waals surface area contributed by atoms with Crippen molar-refractivity contribution in [3.05, 3.63) is 52.8 Å². The second-order valence-electron chi connectivity index (χ2n) is 5.83. The number of hydrogen-bond donors (Lipinski definition) is 2. The molecule has 1 aromatic carbocycles. The molecule has 1 aliphatic heterocycles. The minimum Gasteiger partial charge on any atom is -0.465 e. The minimum absolute atomic E-state index is 0. The van der Waals surface area contributed by atoms with E-state index in [9.17, 15) is 13.2 Å². The molecule has 1 aliphatic rings. The second-order valence-corrected chi connectivity index (χ2v) is 7.53. The molecule has 0 saturated carbocycles. The van der Waals surface area contributed by atoms with Crippen molar-refractivity contribution in [2.24, 2.45) is 0 Å². The molecule has 0 saturated heterocycles. The van der Waals surface area contributed by atoms with Crippen LogP contribution >= 0.6 is 12.4 Å². The predicted octanol–water partition coefficient (Wildman–Crippen LogP) is 1.96. The first-order valence-corrected chi connectivity index (χ1v) is 9.40. The summed E-state index contributed by atoms with van der Waals surface area (Å²) in [5, 5.41) is 3.01. The third-order valence-electron chi connectivity index (χ3n) is 4.26. The van der Waals surface area contributed by atoms with E-state index in [1.807, 2.05) is 18.2 Å². The molecule has 9 heteroatoms. The normalized spacial score (nSPS) is 16.5. The lowest BCUT2D eigenvalue weighted by Crippen LogP contribution is -2.38. The van der Waals surface area contributed by atoms with Gasteiger partial charge in [-0.15, -0.1) is 12.4 Å². The molecule has 2 heterocycles. The quantitative estimate of drug-likeness (QED) is 0.744. The molecule has 0 fully saturated rings. The van der Waals surface area contributed by atoms with Crippen molar-refractivity contribution in [1.29, 1.82) is 0 Å². The van der Waals surface area contributed by atoms with E-state index in [0.717, 1.165) is 18.5 Å². The summed E-state index contributed by atoms with van der Waals surface area (Å²) in [5.74, 6) is -0.432. The molecular formula is C17H21ClN2O5S. The topological polar surface area (TPSA) is 97.6 Å². The van der Waals surface area contributed by atoms with Crippen LogP contribution in [0.4, 0.5) is 0 Å². The first-order valence-electron chi connectivity index (χ1n) is 7.92. The number of carbonyl (C=O) groups excluding carboxylic acids is 1. The average molecular weight is 401 g/mol. The number of carbonyl (C=O) groups is 1. The fourth-order valence-electron chi connectivity index (χ4n) is 2.94. The maximum absolute atomic E-state index is 12.5. The Bertz CT molecular complexity index is 894. The number of furan rings is 1. The summed E-state index contributed by atoms with van der Waals surface area (Å²) in [4.78, 5) is 11.6. The number of rotatable bonds is 5. The van der Waals surface area contributed by atoms with Gasteiger partial charge in [0.05, 0.1) is 7.11 Å². The highest BCUT2D eigenvalue weighted by Crippen LogP contribution is 2.23. The Morgan fingerprint density at radius 1 is 1.38 bits per heavy atom. The van der Waals surface area contributed by atoms with Crippen molar-refractivity contribution in [3.8, 4) is 0 Å². The number of sulfonamides is 1. The van der Waals surface area contributed by atoms with Crippen LogP contribution in [0, 0.1) is 6.92 Å². The van der Waals surface area contributed by atoms with E-state index in [-0.39, 0.29) is 41.4 Å². The molecule has 1 aromatic heterocycles. The van der Waals surface area contributed by atoms with Crippen LogP contribution in [-0.4, -0.2) is 34.6 Å².